The van der Waals surface area contributed by atoms with Crippen molar-refractivity contribution in [2.24, 2.45) is 23.7 Å². The van der Waals surface area contributed by atoms with E-state index in [4.69, 9.17) is 9.47 Å². The normalized spacial score (nSPS) is 44.5. The number of hydrogen-bond donors (Lipinski definition) is 0. The van der Waals surface area contributed by atoms with E-state index in [0.717, 1.165) is 23.7 Å². The van der Waals surface area contributed by atoms with E-state index in [1.54, 1.807) is 0 Å². The van der Waals surface area contributed by atoms with Crippen molar-refractivity contribution < 1.29 is 9.47 Å². The predicted octanol–water partition coefficient (Wildman–Crippen LogP) is 7.68. The topological polar surface area (TPSA) is 18.5 Å². The molecule has 2 heteroatoms. The third kappa shape index (κ3) is 6.96. The summed E-state index contributed by atoms with van der Waals surface area (Å²) in [6.45, 7) is 4.80. The summed E-state index contributed by atoms with van der Waals surface area (Å²) in [5, 5.41) is 0. The Hall–Kier alpha value is -0.0800. The molecule has 4 fully saturated rings. The molecule has 0 heterocycles. The molecule has 0 N–H and O–H groups in total. The molecule has 0 unspecified atom stereocenters. The Morgan fingerprint density at radius 1 is 0.414 bits per heavy atom. The van der Waals surface area contributed by atoms with E-state index < -0.39 is 0 Å². The van der Waals surface area contributed by atoms with Gasteiger partial charge in [-0.1, -0.05) is 13.8 Å². The molecule has 4 rings (SSSR count). The van der Waals surface area contributed by atoms with Crippen LogP contribution in [0.25, 0.3) is 0 Å². The second-order valence-electron chi connectivity index (χ2n) is 11.6. The second-order valence-corrected chi connectivity index (χ2v) is 11.6. The Bertz CT molecular complexity index is 403. The zero-order valence-corrected chi connectivity index (χ0v) is 19.5. The first-order chi connectivity index (χ1) is 14.1. The van der Waals surface area contributed by atoms with Crippen LogP contribution in [-0.2, 0) is 9.47 Å². The molecule has 0 aromatic rings. The van der Waals surface area contributed by atoms with Crippen LogP contribution >= 0.6 is 0 Å². The zero-order valence-electron chi connectivity index (χ0n) is 19.5. The Morgan fingerprint density at radius 2 is 0.690 bits per heavy atom. The Morgan fingerprint density at radius 3 is 1.00 bits per heavy atom. The van der Waals surface area contributed by atoms with Crippen molar-refractivity contribution in [1.29, 1.82) is 0 Å². The molecule has 0 aliphatic heterocycles. The fraction of sp³-hybridized carbons (Fsp3) is 1.00. The Kier molecular flexibility index (Phi) is 8.38. The summed E-state index contributed by atoms with van der Waals surface area (Å²) in [6.07, 6.45) is 25.6. The molecule has 4 aliphatic carbocycles. The highest BCUT2D eigenvalue weighted by Crippen LogP contribution is 2.38. The van der Waals surface area contributed by atoms with Gasteiger partial charge in [0, 0.05) is 0 Å². The molecule has 4 aliphatic rings. The fourth-order valence-corrected chi connectivity index (χ4v) is 6.75. The van der Waals surface area contributed by atoms with Crippen molar-refractivity contribution >= 4 is 0 Å². The molecule has 0 atom stereocenters. The molecule has 4 saturated carbocycles. The smallest absolute Gasteiger partial charge is 0.0579 e. The molecule has 0 amide bonds. The van der Waals surface area contributed by atoms with Crippen molar-refractivity contribution in [1.82, 2.24) is 0 Å². The first-order valence-corrected chi connectivity index (χ1v) is 13.4. The quantitative estimate of drug-likeness (QED) is 0.452. The second kappa shape index (κ2) is 11.0. The van der Waals surface area contributed by atoms with E-state index in [9.17, 15) is 0 Å². The van der Waals surface area contributed by atoms with Gasteiger partial charge < -0.3 is 9.47 Å². The molecule has 168 valence electrons. The van der Waals surface area contributed by atoms with Crippen LogP contribution in [-0.4, -0.2) is 24.4 Å². The minimum Gasteiger partial charge on any atom is -0.375 e. The molecule has 0 aromatic carbocycles. The molecule has 0 aromatic heterocycles. The van der Waals surface area contributed by atoms with Gasteiger partial charge in [-0.25, -0.2) is 0 Å². The average Bonchev–Trinajstić information content (AvgIpc) is 2.74. The van der Waals surface area contributed by atoms with Gasteiger partial charge in [-0.05, 0) is 133 Å². The van der Waals surface area contributed by atoms with Gasteiger partial charge in [0.1, 0.15) is 0 Å². The largest absolute Gasteiger partial charge is 0.375 e. The molecular formula is C27H48O2. The fourth-order valence-electron chi connectivity index (χ4n) is 6.75. The van der Waals surface area contributed by atoms with Crippen molar-refractivity contribution in [3.63, 3.8) is 0 Å². The van der Waals surface area contributed by atoms with Crippen LogP contribution in [0.3, 0.4) is 0 Å². The van der Waals surface area contributed by atoms with E-state index in [1.807, 2.05) is 0 Å². The lowest BCUT2D eigenvalue weighted by atomic mass is 9.76. The first kappa shape index (κ1) is 22.1. The molecule has 0 spiro atoms. The number of ether oxygens (including phenoxy) is 2. The van der Waals surface area contributed by atoms with Crippen molar-refractivity contribution in [3.8, 4) is 0 Å². The lowest BCUT2D eigenvalue weighted by Crippen LogP contribution is -2.31. The van der Waals surface area contributed by atoms with Crippen molar-refractivity contribution in [3.05, 3.63) is 0 Å². The zero-order chi connectivity index (χ0) is 20.1. The minimum absolute atomic E-state index is 0.576. The lowest BCUT2D eigenvalue weighted by Gasteiger charge is -2.37. The SMILES string of the molecule is CC1CCC(OC2CCC(CC3CCC(OC4CCC(C)CC4)CC3)CC2)CC1. The first-order valence-electron chi connectivity index (χ1n) is 13.4. The van der Waals surface area contributed by atoms with Gasteiger partial charge >= 0.3 is 0 Å². The molecule has 0 radical (unpaired) electrons. The maximum absolute atomic E-state index is 6.50. The summed E-state index contributed by atoms with van der Waals surface area (Å²) in [4.78, 5) is 0. The maximum atomic E-state index is 6.50. The van der Waals surface area contributed by atoms with Crippen LogP contribution in [0.4, 0.5) is 0 Å². The van der Waals surface area contributed by atoms with Gasteiger partial charge in [0.15, 0.2) is 0 Å². The average molecular weight is 405 g/mol. The Labute approximate surface area is 180 Å². The summed E-state index contributed by atoms with van der Waals surface area (Å²) in [5.41, 5.74) is 0. The highest BCUT2D eigenvalue weighted by atomic mass is 16.5. The van der Waals surface area contributed by atoms with E-state index >= 15 is 0 Å². The summed E-state index contributed by atoms with van der Waals surface area (Å²) < 4.78 is 13.0. The number of rotatable bonds is 6. The van der Waals surface area contributed by atoms with Crippen molar-refractivity contribution in [2.75, 3.05) is 0 Å². The van der Waals surface area contributed by atoms with Gasteiger partial charge in [-0.15, -0.1) is 0 Å². The number of hydrogen-bond acceptors (Lipinski definition) is 2. The van der Waals surface area contributed by atoms with Gasteiger partial charge in [0.05, 0.1) is 24.4 Å². The summed E-state index contributed by atoms with van der Waals surface area (Å²) in [5.74, 6) is 3.81. The standard InChI is InChI=1S/C27H48O2/c1-20-3-11-24(12-4-20)28-26-15-7-22(8-16-26)19-23-9-17-27(18-10-23)29-25-13-5-21(2)6-14-25/h20-27H,3-19H2,1-2H3. The van der Waals surface area contributed by atoms with Gasteiger partial charge in [0.25, 0.3) is 0 Å². The van der Waals surface area contributed by atoms with Gasteiger partial charge in [-0.2, -0.15) is 0 Å². The highest BCUT2D eigenvalue weighted by Gasteiger charge is 2.30. The van der Waals surface area contributed by atoms with Crippen LogP contribution in [0.5, 0.6) is 0 Å². The van der Waals surface area contributed by atoms with Gasteiger partial charge in [-0.3, -0.25) is 0 Å². The van der Waals surface area contributed by atoms with Crippen LogP contribution in [0.1, 0.15) is 123 Å². The van der Waals surface area contributed by atoms with Crippen LogP contribution < -0.4 is 0 Å². The maximum Gasteiger partial charge on any atom is 0.0579 e. The summed E-state index contributed by atoms with van der Waals surface area (Å²) in [7, 11) is 0. The van der Waals surface area contributed by atoms with Crippen LogP contribution in [0.15, 0.2) is 0 Å². The monoisotopic (exact) mass is 404 g/mol. The third-order valence-corrected chi connectivity index (χ3v) is 8.95. The lowest BCUT2D eigenvalue weighted by molar-refractivity contribution is -0.0623. The van der Waals surface area contributed by atoms with E-state index in [1.165, 1.54) is 109 Å². The van der Waals surface area contributed by atoms with E-state index in [2.05, 4.69) is 13.8 Å². The van der Waals surface area contributed by atoms with Crippen molar-refractivity contribution in [2.45, 2.75) is 147 Å². The predicted molar refractivity (Wildman–Crippen MR) is 121 cm³/mol. The third-order valence-electron chi connectivity index (χ3n) is 8.95. The van der Waals surface area contributed by atoms with Crippen LogP contribution in [0.2, 0.25) is 0 Å². The summed E-state index contributed by atoms with van der Waals surface area (Å²) in [6, 6.07) is 0. The highest BCUT2D eigenvalue weighted by molar-refractivity contribution is 4.81. The molecule has 0 bridgehead atoms. The van der Waals surface area contributed by atoms with Crippen LogP contribution in [0, 0.1) is 23.7 Å². The summed E-state index contributed by atoms with van der Waals surface area (Å²) >= 11 is 0. The van der Waals surface area contributed by atoms with E-state index in [0.29, 0.717) is 24.4 Å². The molecule has 0 saturated heterocycles. The van der Waals surface area contributed by atoms with Gasteiger partial charge in [0.2, 0.25) is 0 Å². The minimum atomic E-state index is 0.576. The molecular weight excluding hydrogens is 356 g/mol. The molecule has 2 nitrogen and oxygen atoms in total. The Balaban J connectivity index is 1.08. The van der Waals surface area contributed by atoms with E-state index in [-0.39, 0.29) is 0 Å². The molecule has 29 heavy (non-hydrogen) atoms.